The van der Waals surface area contributed by atoms with Crippen molar-refractivity contribution in [2.75, 3.05) is 6.26 Å². The normalized spacial score (nSPS) is 11.7. The van der Waals surface area contributed by atoms with Crippen LogP contribution in [-0.4, -0.2) is 14.7 Å². The quantitative estimate of drug-likeness (QED) is 0.315. The van der Waals surface area contributed by atoms with Gasteiger partial charge in [0.25, 0.3) is 0 Å². The predicted octanol–water partition coefficient (Wildman–Crippen LogP) is 6.49. The molecule has 8 heteroatoms. The number of para-hydroxylation sites is 1. The van der Waals surface area contributed by atoms with Gasteiger partial charge in [0.2, 0.25) is 5.43 Å². The molecule has 0 amide bonds. The van der Waals surface area contributed by atoms with Crippen molar-refractivity contribution in [3.8, 4) is 22.5 Å². The van der Waals surface area contributed by atoms with Crippen molar-refractivity contribution in [2.45, 2.75) is 4.90 Å². The second kappa shape index (κ2) is 7.75. The first-order valence-electron chi connectivity index (χ1n) is 8.68. The molecule has 0 fully saturated rings. The molecule has 0 unspecified atom stereocenters. The number of hydrogen-bond acceptors (Lipinski definition) is 4. The number of hydrogen-bond donors (Lipinski definition) is 0. The van der Waals surface area contributed by atoms with E-state index >= 15 is 0 Å². The molecule has 1 heterocycles. The van der Waals surface area contributed by atoms with Crippen LogP contribution in [0.25, 0.3) is 33.4 Å². The number of halogens is 3. The van der Waals surface area contributed by atoms with E-state index in [-0.39, 0.29) is 36.7 Å². The summed E-state index contributed by atoms with van der Waals surface area (Å²) in [5.74, 6) is 0.249. The van der Waals surface area contributed by atoms with Gasteiger partial charge in [0, 0.05) is 17.4 Å². The van der Waals surface area contributed by atoms with Crippen LogP contribution >= 0.6 is 34.8 Å². The third-order valence-electron chi connectivity index (χ3n) is 4.65. The molecule has 4 rings (SSSR count). The van der Waals surface area contributed by atoms with Gasteiger partial charge < -0.3 is 4.42 Å². The Morgan fingerprint density at radius 3 is 2.17 bits per heavy atom. The van der Waals surface area contributed by atoms with Crippen molar-refractivity contribution in [3.05, 3.63) is 86.0 Å². The molecule has 0 aliphatic carbocycles. The minimum Gasteiger partial charge on any atom is -0.455 e. The Hall–Kier alpha value is -2.31. The summed E-state index contributed by atoms with van der Waals surface area (Å²) in [5.41, 5.74) is 1.20. The lowest BCUT2D eigenvalue weighted by atomic mass is 9.98. The molecule has 0 N–H and O–H groups in total. The monoisotopic (exact) mass is 478 g/mol. The van der Waals surface area contributed by atoms with E-state index in [2.05, 4.69) is 0 Å². The maximum atomic E-state index is 13.4. The molecule has 1 aromatic heterocycles. The van der Waals surface area contributed by atoms with Crippen molar-refractivity contribution in [1.82, 2.24) is 0 Å². The average Bonchev–Trinajstić information content (AvgIpc) is 2.72. The van der Waals surface area contributed by atoms with E-state index in [1.165, 1.54) is 12.1 Å². The highest BCUT2D eigenvalue weighted by molar-refractivity contribution is 7.90. The van der Waals surface area contributed by atoms with Crippen LogP contribution in [0.4, 0.5) is 0 Å². The SMILES string of the molecule is CS(=O)(=O)c1ccc(-c2oc3ccccc3c(=O)c2-c2ccc(Cl)c(Cl)c2Cl)cc1. The second-order valence-corrected chi connectivity index (χ2v) is 9.83. The van der Waals surface area contributed by atoms with Gasteiger partial charge in [-0.3, -0.25) is 4.79 Å². The predicted molar refractivity (Wildman–Crippen MR) is 121 cm³/mol. The first kappa shape index (κ1) is 20.9. The van der Waals surface area contributed by atoms with Crippen molar-refractivity contribution in [3.63, 3.8) is 0 Å². The van der Waals surface area contributed by atoms with Gasteiger partial charge >= 0.3 is 0 Å². The first-order valence-corrected chi connectivity index (χ1v) is 11.7. The Bertz CT molecular complexity index is 1460. The lowest BCUT2D eigenvalue weighted by Gasteiger charge is -2.13. The van der Waals surface area contributed by atoms with E-state index in [4.69, 9.17) is 39.2 Å². The lowest BCUT2D eigenvalue weighted by molar-refractivity contribution is 0.601. The van der Waals surface area contributed by atoms with Gasteiger partial charge in [-0.25, -0.2) is 8.42 Å². The molecule has 0 saturated carbocycles. The fourth-order valence-corrected chi connectivity index (χ4v) is 4.42. The molecule has 0 saturated heterocycles. The number of benzene rings is 3. The van der Waals surface area contributed by atoms with Gasteiger partial charge in [0.1, 0.15) is 11.3 Å². The van der Waals surface area contributed by atoms with E-state index in [1.54, 1.807) is 48.5 Å². The fourth-order valence-electron chi connectivity index (χ4n) is 3.16. The lowest BCUT2D eigenvalue weighted by Crippen LogP contribution is -2.08. The summed E-state index contributed by atoms with van der Waals surface area (Å²) in [5, 5.41) is 0.892. The third kappa shape index (κ3) is 3.63. The Kier molecular flexibility index (Phi) is 5.41. The Morgan fingerprint density at radius 1 is 0.833 bits per heavy atom. The van der Waals surface area contributed by atoms with E-state index in [9.17, 15) is 13.2 Å². The smallest absolute Gasteiger partial charge is 0.201 e. The van der Waals surface area contributed by atoms with Crippen LogP contribution < -0.4 is 5.43 Å². The first-order chi connectivity index (χ1) is 14.2. The molecule has 4 nitrogen and oxygen atoms in total. The highest BCUT2D eigenvalue weighted by atomic mass is 35.5. The van der Waals surface area contributed by atoms with E-state index in [0.29, 0.717) is 22.1 Å². The van der Waals surface area contributed by atoms with Crippen LogP contribution in [0.2, 0.25) is 15.1 Å². The molecular weight excluding hydrogens is 467 g/mol. The van der Waals surface area contributed by atoms with E-state index < -0.39 is 9.84 Å². The average molecular weight is 480 g/mol. The van der Waals surface area contributed by atoms with Gasteiger partial charge in [-0.05, 0) is 42.5 Å². The third-order valence-corrected chi connectivity index (χ3v) is 7.07. The van der Waals surface area contributed by atoms with Gasteiger partial charge in [-0.15, -0.1) is 0 Å². The highest BCUT2D eigenvalue weighted by Gasteiger charge is 2.22. The minimum atomic E-state index is -3.37. The molecule has 0 bridgehead atoms. The maximum absolute atomic E-state index is 13.4. The van der Waals surface area contributed by atoms with Crippen molar-refractivity contribution < 1.29 is 12.8 Å². The van der Waals surface area contributed by atoms with Crippen molar-refractivity contribution in [2.24, 2.45) is 0 Å². The molecule has 0 atom stereocenters. The number of rotatable bonds is 3. The number of sulfone groups is 1. The molecule has 4 aromatic rings. The molecule has 30 heavy (non-hydrogen) atoms. The molecule has 0 radical (unpaired) electrons. The van der Waals surface area contributed by atoms with Crippen LogP contribution in [0.15, 0.2) is 74.8 Å². The molecule has 3 aromatic carbocycles. The molecule has 0 spiro atoms. The topological polar surface area (TPSA) is 64.3 Å². The summed E-state index contributed by atoms with van der Waals surface area (Å²) < 4.78 is 29.7. The minimum absolute atomic E-state index is 0.126. The summed E-state index contributed by atoms with van der Waals surface area (Å²) in [6.45, 7) is 0. The van der Waals surface area contributed by atoms with E-state index in [0.717, 1.165) is 6.26 Å². The van der Waals surface area contributed by atoms with Crippen LogP contribution in [0, 0.1) is 0 Å². The summed E-state index contributed by atoms with van der Waals surface area (Å²) in [4.78, 5) is 13.6. The van der Waals surface area contributed by atoms with Gasteiger partial charge in [0.15, 0.2) is 9.84 Å². The highest BCUT2D eigenvalue weighted by Crippen LogP contribution is 2.41. The Labute approximate surface area is 187 Å². The Morgan fingerprint density at radius 2 is 1.50 bits per heavy atom. The zero-order valence-corrected chi connectivity index (χ0v) is 18.5. The zero-order chi connectivity index (χ0) is 21.6. The molecule has 0 aliphatic heterocycles. The van der Waals surface area contributed by atoms with Gasteiger partial charge in [-0.2, -0.15) is 0 Å². The zero-order valence-electron chi connectivity index (χ0n) is 15.4. The summed E-state index contributed by atoms with van der Waals surface area (Å²) in [6, 6.07) is 16.1. The standard InChI is InChI=1S/C22H13Cl3O4S/c1-30(27,28)13-8-6-12(7-9-13)22-18(15-10-11-16(23)20(25)19(15)24)21(26)14-4-2-3-5-17(14)29-22/h2-11H,1H3. The molecule has 152 valence electrons. The van der Waals surface area contributed by atoms with Crippen LogP contribution in [-0.2, 0) is 9.84 Å². The summed E-state index contributed by atoms with van der Waals surface area (Å²) in [7, 11) is -3.37. The van der Waals surface area contributed by atoms with Crippen molar-refractivity contribution in [1.29, 1.82) is 0 Å². The largest absolute Gasteiger partial charge is 0.455 e. The Balaban J connectivity index is 2.08. The molecular formula is C22H13Cl3O4S. The molecule has 0 aliphatic rings. The van der Waals surface area contributed by atoms with Crippen LogP contribution in [0.5, 0.6) is 0 Å². The summed E-state index contributed by atoms with van der Waals surface area (Å²) >= 11 is 18.7. The van der Waals surface area contributed by atoms with Crippen LogP contribution in [0.1, 0.15) is 0 Å². The van der Waals surface area contributed by atoms with Crippen molar-refractivity contribution >= 4 is 55.6 Å². The van der Waals surface area contributed by atoms with Gasteiger partial charge in [0.05, 0.1) is 30.9 Å². The van der Waals surface area contributed by atoms with Gasteiger partial charge in [-0.1, -0.05) is 53.0 Å². The number of fused-ring (bicyclic) bond motifs is 1. The van der Waals surface area contributed by atoms with E-state index in [1.807, 2.05) is 0 Å². The fraction of sp³-hybridized carbons (Fsp3) is 0.0455. The summed E-state index contributed by atoms with van der Waals surface area (Å²) in [6.07, 6.45) is 1.12. The second-order valence-electron chi connectivity index (χ2n) is 6.65. The van der Waals surface area contributed by atoms with Crippen LogP contribution in [0.3, 0.4) is 0 Å². The maximum Gasteiger partial charge on any atom is 0.201 e.